The SMILES string of the molecule is Cc1ccc(-c2nc3cc(C(C)C)ccc3o2)cc1NC(=O)c1ccc(Cl)cc1. The molecule has 0 saturated heterocycles. The summed E-state index contributed by atoms with van der Waals surface area (Å²) in [5, 5.41) is 3.56. The van der Waals surface area contributed by atoms with Gasteiger partial charge in [0.25, 0.3) is 5.91 Å². The number of nitrogens with one attached hydrogen (secondary N) is 1. The van der Waals surface area contributed by atoms with Crippen molar-refractivity contribution in [1.29, 1.82) is 0 Å². The Kier molecular flexibility index (Phi) is 5.12. The van der Waals surface area contributed by atoms with Crippen molar-refractivity contribution in [3.05, 3.63) is 82.4 Å². The first kappa shape index (κ1) is 19.2. The van der Waals surface area contributed by atoms with Crippen molar-refractivity contribution in [1.82, 2.24) is 4.98 Å². The van der Waals surface area contributed by atoms with Crippen molar-refractivity contribution >= 4 is 34.3 Å². The third-order valence-corrected chi connectivity index (χ3v) is 5.17. The third kappa shape index (κ3) is 4.03. The van der Waals surface area contributed by atoms with Crippen molar-refractivity contribution in [3.63, 3.8) is 0 Å². The van der Waals surface area contributed by atoms with Crippen LogP contribution in [-0.2, 0) is 0 Å². The summed E-state index contributed by atoms with van der Waals surface area (Å²) < 4.78 is 5.95. The van der Waals surface area contributed by atoms with Gasteiger partial charge in [-0.15, -0.1) is 0 Å². The van der Waals surface area contributed by atoms with Gasteiger partial charge in [-0.1, -0.05) is 37.6 Å². The second-order valence-electron chi connectivity index (χ2n) is 7.39. The number of hydrogen-bond acceptors (Lipinski definition) is 3. The molecule has 0 radical (unpaired) electrons. The van der Waals surface area contributed by atoms with E-state index in [1.54, 1.807) is 24.3 Å². The number of fused-ring (bicyclic) bond motifs is 1. The van der Waals surface area contributed by atoms with Crippen molar-refractivity contribution in [2.24, 2.45) is 0 Å². The first-order valence-corrected chi connectivity index (χ1v) is 9.87. The predicted octanol–water partition coefficient (Wildman–Crippen LogP) is 6.83. The number of aryl methyl sites for hydroxylation is 1. The zero-order valence-corrected chi connectivity index (χ0v) is 17.2. The quantitative estimate of drug-likeness (QED) is 0.405. The fourth-order valence-corrected chi connectivity index (χ4v) is 3.24. The highest BCUT2D eigenvalue weighted by molar-refractivity contribution is 6.30. The van der Waals surface area contributed by atoms with Gasteiger partial charge in [-0.25, -0.2) is 4.98 Å². The van der Waals surface area contributed by atoms with Crippen molar-refractivity contribution in [2.75, 3.05) is 5.32 Å². The number of amides is 1. The Morgan fingerprint density at radius 1 is 1.03 bits per heavy atom. The first-order valence-electron chi connectivity index (χ1n) is 9.49. The molecule has 0 aliphatic rings. The summed E-state index contributed by atoms with van der Waals surface area (Å²) >= 11 is 5.90. The van der Waals surface area contributed by atoms with Gasteiger partial charge in [0.05, 0.1) is 0 Å². The Labute approximate surface area is 174 Å². The molecule has 1 heterocycles. The molecule has 5 heteroatoms. The molecule has 4 nitrogen and oxygen atoms in total. The maximum Gasteiger partial charge on any atom is 0.255 e. The maximum atomic E-state index is 12.6. The van der Waals surface area contributed by atoms with Crippen LogP contribution in [0, 0.1) is 6.92 Å². The molecule has 0 aliphatic carbocycles. The highest BCUT2D eigenvalue weighted by Crippen LogP contribution is 2.29. The molecule has 29 heavy (non-hydrogen) atoms. The average molecular weight is 405 g/mol. The van der Waals surface area contributed by atoms with E-state index < -0.39 is 0 Å². The van der Waals surface area contributed by atoms with Gasteiger partial charge < -0.3 is 9.73 Å². The minimum atomic E-state index is -0.193. The summed E-state index contributed by atoms with van der Waals surface area (Å²) in [7, 11) is 0. The lowest BCUT2D eigenvalue weighted by Gasteiger charge is -2.10. The molecular weight excluding hydrogens is 384 g/mol. The number of carbonyl (C=O) groups is 1. The minimum Gasteiger partial charge on any atom is -0.436 e. The van der Waals surface area contributed by atoms with E-state index in [-0.39, 0.29) is 5.91 Å². The number of oxazole rings is 1. The maximum absolute atomic E-state index is 12.6. The molecule has 4 rings (SSSR count). The van der Waals surface area contributed by atoms with Crippen LogP contribution in [0.5, 0.6) is 0 Å². The molecule has 0 atom stereocenters. The fourth-order valence-electron chi connectivity index (χ4n) is 3.11. The average Bonchev–Trinajstić information content (AvgIpc) is 3.13. The summed E-state index contributed by atoms with van der Waals surface area (Å²) in [5.41, 5.74) is 5.82. The standard InChI is InChI=1S/C24H21ClN2O2/c1-14(2)17-8-11-22-21(12-17)27-24(29-22)18-5-4-15(3)20(13-18)26-23(28)16-6-9-19(25)10-7-16/h4-14H,1-3H3,(H,26,28). The summed E-state index contributed by atoms with van der Waals surface area (Å²) in [5.74, 6) is 0.762. The monoisotopic (exact) mass is 404 g/mol. The van der Waals surface area contributed by atoms with Crippen LogP contribution >= 0.6 is 11.6 Å². The molecule has 0 saturated carbocycles. The topological polar surface area (TPSA) is 55.1 Å². The van der Waals surface area contributed by atoms with Crippen LogP contribution in [0.3, 0.4) is 0 Å². The van der Waals surface area contributed by atoms with Gasteiger partial charge >= 0.3 is 0 Å². The van der Waals surface area contributed by atoms with Crippen molar-refractivity contribution in [3.8, 4) is 11.5 Å². The van der Waals surface area contributed by atoms with Gasteiger partial charge in [0.15, 0.2) is 5.58 Å². The van der Waals surface area contributed by atoms with Gasteiger partial charge in [-0.2, -0.15) is 0 Å². The molecule has 0 bridgehead atoms. The molecule has 0 fully saturated rings. The van der Waals surface area contributed by atoms with E-state index in [4.69, 9.17) is 16.0 Å². The summed E-state index contributed by atoms with van der Waals surface area (Å²) in [6.45, 7) is 6.25. The van der Waals surface area contributed by atoms with Gasteiger partial charge in [-0.3, -0.25) is 4.79 Å². The molecule has 1 aromatic heterocycles. The minimum absolute atomic E-state index is 0.193. The number of anilines is 1. The van der Waals surface area contributed by atoms with Gasteiger partial charge in [0, 0.05) is 21.8 Å². The summed E-state index contributed by atoms with van der Waals surface area (Å²) in [6, 6.07) is 18.7. The van der Waals surface area contributed by atoms with E-state index >= 15 is 0 Å². The van der Waals surface area contributed by atoms with Gasteiger partial charge in [-0.05, 0) is 72.5 Å². The Morgan fingerprint density at radius 2 is 1.79 bits per heavy atom. The zero-order valence-electron chi connectivity index (χ0n) is 16.5. The number of benzene rings is 3. The van der Waals surface area contributed by atoms with Crippen LogP contribution in [0.2, 0.25) is 5.02 Å². The number of nitrogens with zero attached hydrogens (tertiary/aromatic N) is 1. The van der Waals surface area contributed by atoms with E-state index in [1.165, 1.54) is 5.56 Å². The number of hydrogen-bond donors (Lipinski definition) is 1. The van der Waals surface area contributed by atoms with Crippen LogP contribution < -0.4 is 5.32 Å². The van der Waals surface area contributed by atoms with E-state index in [1.807, 2.05) is 31.2 Å². The van der Waals surface area contributed by atoms with Crippen molar-refractivity contribution < 1.29 is 9.21 Å². The van der Waals surface area contributed by atoms with E-state index in [9.17, 15) is 4.79 Å². The van der Waals surface area contributed by atoms with Gasteiger partial charge in [0.2, 0.25) is 5.89 Å². The van der Waals surface area contributed by atoms with Crippen LogP contribution in [0.15, 0.2) is 65.1 Å². The van der Waals surface area contributed by atoms with Gasteiger partial charge in [0.1, 0.15) is 5.52 Å². The molecule has 0 unspecified atom stereocenters. The molecule has 0 spiro atoms. The number of carbonyl (C=O) groups excluding carboxylic acids is 1. The summed E-state index contributed by atoms with van der Waals surface area (Å²) in [4.78, 5) is 17.2. The van der Waals surface area contributed by atoms with E-state index in [0.29, 0.717) is 28.1 Å². The Balaban J connectivity index is 1.65. The molecule has 146 valence electrons. The molecule has 3 aromatic carbocycles. The highest BCUT2D eigenvalue weighted by atomic mass is 35.5. The number of aromatic nitrogens is 1. The van der Waals surface area contributed by atoms with Crippen LogP contribution in [0.4, 0.5) is 5.69 Å². The Morgan fingerprint density at radius 3 is 2.52 bits per heavy atom. The largest absolute Gasteiger partial charge is 0.436 e. The lowest BCUT2D eigenvalue weighted by atomic mass is 10.0. The third-order valence-electron chi connectivity index (χ3n) is 4.92. The lowest BCUT2D eigenvalue weighted by Crippen LogP contribution is -2.12. The number of halogens is 1. The van der Waals surface area contributed by atoms with Crippen LogP contribution in [0.1, 0.15) is 41.3 Å². The van der Waals surface area contributed by atoms with Crippen LogP contribution in [-0.4, -0.2) is 10.9 Å². The molecule has 1 N–H and O–H groups in total. The number of rotatable bonds is 4. The Bertz CT molecular complexity index is 1190. The molecule has 0 aliphatic heterocycles. The smallest absolute Gasteiger partial charge is 0.255 e. The van der Waals surface area contributed by atoms with Crippen molar-refractivity contribution in [2.45, 2.75) is 26.7 Å². The van der Waals surface area contributed by atoms with E-state index in [2.05, 4.69) is 36.3 Å². The first-order chi connectivity index (χ1) is 13.9. The van der Waals surface area contributed by atoms with E-state index in [0.717, 1.165) is 22.2 Å². The predicted molar refractivity (Wildman–Crippen MR) is 118 cm³/mol. The zero-order chi connectivity index (χ0) is 20.5. The lowest BCUT2D eigenvalue weighted by molar-refractivity contribution is 0.102. The summed E-state index contributed by atoms with van der Waals surface area (Å²) in [6.07, 6.45) is 0. The molecule has 1 amide bonds. The fraction of sp³-hybridized carbons (Fsp3) is 0.167. The second kappa shape index (κ2) is 7.72. The van der Waals surface area contributed by atoms with Crippen LogP contribution in [0.25, 0.3) is 22.6 Å². The normalized spacial score (nSPS) is 11.2. The molecule has 4 aromatic rings. The highest BCUT2D eigenvalue weighted by Gasteiger charge is 2.13. The molecular formula is C24H21ClN2O2. The Hall–Kier alpha value is -3.11. The second-order valence-corrected chi connectivity index (χ2v) is 7.83.